The van der Waals surface area contributed by atoms with Gasteiger partial charge in [-0.3, -0.25) is 9.59 Å². The largest absolute Gasteiger partial charge is 0.496 e. The number of para-hydroxylation sites is 1. The highest BCUT2D eigenvalue weighted by Crippen LogP contribution is 2.32. The van der Waals surface area contributed by atoms with E-state index in [1.165, 1.54) is 6.92 Å². The van der Waals surface area contributed by atoms with Crippen molar-refractivity contribution in [1.29, 1.82) is 0 Å². The summed E-state index contributed by atoms with van der Waals surface area (Å²) in [5, 5.41) is 0. The molecule has 8 heteroatoms. The van der Waals surface area contributed by atoms with Crippen molar-refractivity contribution in [2.24, 2.45) is 0 Å². The lowest BCUT2D eigenvalue weighted by atomic mass is 10.1. The number of likely N-dealkylation sites (tertiary alicyclic amines) is 1. The van der Waals surface area contributed by atoms with Gasteiger partial charge in [-0.25, -0.2) is 9.97 Å². The van der Waals surface area contributed by atoms with Crippen molar-refractivity contribution in [3.8, 4) is 5.75 Å². The van der Waals surface area contributed by atoms with Crippen LogP contribution in [0.25, 0.3) is 0 Å². The summed E-state index contributed by atoms with van der Waals surface area (Å²) < 4.78 is 5.40. The lowest BCUT2D eigenvalue weighted by Gasteiger charge is -2.26. The second-order valence-electron chi connectivity index (χ2n) is 8.08. The molecule has 166 valence electrons. The second kappa shape index (κ2) is 9.76. The highest BCUT2D eigenvalue weighted by molar-refractivity contribution is 5.80. The number of hydrogen-bond donors (Lipinski definition) is 0. The average molecular weight is 426 g/mol. The number of amides is 2. The van der Waals surface area contributed by atoms with E-state index < -0.39 is 0 Å². The SMILES string of the molecule is COc1ccccc1CC(=O)N1CCCC1c1nc(CN(C)C(C)=O)cc(N(C)C)n1. The zero-order chi connectivity index (χ0) is 22.5. The van der Waals surface area contributed by atoms with Crippen molar-refractivity contribution in [2.45, 2.75) is 38.8 Å². The van der Waals surface area contributed by atoms with Crippen molar-refractivity contribution < 1.29 is 14.3 Å². The van der Waals surface area contributed by atoms with Gasteiger partial charge in [-0.05, 0) is 18.9 Å². The van der Waals surface area contributed by atoms with Gasteiger partial charge in [0, 0.05) is 46.2 Å². The van der Waals surface area contributed by atoms with Crippen LogP contribution in [0.5, 0.6) is 5.75 Å². The van der Waals surface area contributed by atoms with Crippen molar-refractivity contribution in [3.63, 3.8) is 0 Å². The van der Waals surface area contributed by atoms with Gasteiger partial charge >= 0.3 is 0 Å². The Morgan fingerprint density at radius 1 is 1.19 bits per heavy atom. The fraction of sp³-hybridized carbons (Fsp3) is 0.478. The Hall–Kier alpha value is -3.16. The summed E-state index contributed by atoms with van der Waals surface area (Å²) >= 11 is 0. The van der Waals surface area contributed by atoms with Crippen LogP contribution in [0.15, 0.2) is 30.3 Å². The Morgan fingerprint density at radius 3 is 2.61 bits per heavy atom. The quantitative estimate of drug-likeness (QED) is 0.678. The molecule has 2 amide bonds. The van der Waals surface area contributed by atoms with Gasteiger partial charge in [-0.1, -0.05) is 18.2 Å². The monoisotopic (exact) mass is 425 g/mol. The topological polar surface area (TPSA) is 78.9 Å². The van der Waals surface area contributed by atoms with Crippen molar-refractivity contribution in [1.82, 2.24) is 19.8 Å². The average Bonchev–Trinajstić information content (AvgIpc) is 3.24. The predicted molar refractivity (Wildman–Crippen MR) is 119 cm³/mol. The first-order valence-electron chi connectivity index (χ1n) is 10.5. The van der Waals surface area contributed by atoms with Crippen LogP contribution in [0, 0.1) is 0 Å². The molecular weight excluding hydrogens is 394 g/mol. The van der Waals surface area contributed by atoms with Crippen LogP contribution in [-0.2, 0) is 22.6 Å². The molecule has 0 N–H and O–H groups in total. The molecule has 1 aromatic carbocycles. The zero-order valence-electron chi connectivity index (χ0n) is 19.0. The molecule has 1 unspecified atom stereocenters. The summed E-state index contributed by atoms with van der Waals surface area (Å²) in [7, 11) is 7.20. The van der Waals surface area contributed by atoms with Crippen LogP contribution in [-0.4, -0.2) is 66.4 Å². The molecule has 0 bridgehead atoms. The van der Waals surface area contributed by atoms with Crippen molar-refractivity contribution in [3.05, 3.63) is 47.4 Å². The molecule has 0 aliphatic carbocycles. The normalized spacial score (nSPS) is 15.6. The molecule has 0 radical (unpaired) electrons. The summed E-state index contributed by atoms with van der Waals surface area (Å²) in [5.74, 6) is 2.12. The Bertz CT molecular complexity index is 947. The fourth-order valence-electron chi connectivity index (χ4n) is 3.76. The second-order valence-corrected chi connectivity index (χ2v) is 8.08. The Balaban J connectivity index is 1.87. The Morgan fingerprint density at radius 2 is 1.94 bits per heavy atom. The van der Waals surface area contributed by atoms with Crippen LogP contribution in [0.4, 0.5) is 5.82 Å². The summed E-state index contributed by atoms with van der Waals surface area (Å²) in [4.78, 5) is 39.8. The first kappa shape index (κ1) is 22.5. The lowest BCUT2D eigenvalue weighted by molar-refractivity contribution is -0.131. The van der Waals surface area contributed by atoms with Crippen LogP contribution < -0.4 is 9.64 Å². The summed E-state index contributed by atoms with van der Waals surface area (Å²) in [6.45, 7) is 2.61. The van der Waals surface area contributed by atoms with Gasteiger partial charge in [-0.2, -0.15) is 0 Å². The molecule has 1 atom stereocenters. The summed E-state index contributed by atoms with van der Waals surface area (Å²) in [6.07, 6.45) is 1.99. The van der Waals surface area contributed by atoms with Crippen LogP contribution in [0.2, 0.25) is 0 Å². The number of rotatable bonds is 7. The molecule has 0 saturated carbocycles. The standard InChI is InChI=1S/C23H31N5O3/c1-16(29)27(4)15-18-14-21(26(2)3)25-23(24-18)19-10-8-12-28(19)22(30)13-17-9-6-7-11-20(17)31-5/h6-7,9,11,14,19H,8,10,12-13,15H2,1-5H3. The highest BCUT2D eigenvalue weighted by Gasteiger charge is 2.33. The molecule has 2 heterocycles. The van der Waals surface area contributed by atoms with E-state index in [2.05, 4.69) is 0 Å². The van der Waals surface area contributed by atoms with E-state index in [4.69, 9.17) is 14.7 Å². The number of carbonyl (C=O) groups is 2. The first-order chi connectivity index (χ1) is 14.8. The number of methoxy groups -OCH3 is 1. The van der Waals surface area contributed by atoms with Crippen LogP contribution >= 0.6 is 0 Å². The Kier molecular flexibility index (Phi) is 7.09. The maximum absolute atomic E-state index is 13.2. The van der Waals surface area contributed by atoms with E-state index in [1.54, 1.807) is 19.1 Å². The number of ether oxygens (including phenoxy) is 1. The van der Waals surface area contributed by atoms with Crippen LogP contribution in [0.1, 0.15) is 42.9 Å². The first-order valence-corrected chi connectivity index (χ1v) is 10.5. The molecular formula is C23H31N5O3. The number of aromatic nitrogens is 2. The van der Waals surface area contributed by atoms with E-state index >= 15 is 0 Å². The van der Waals surface area contributed by atoms with Crippen molar-refractivity contribution in [2.75, 3.05) is 39.7 Å². The fourth-order valence-corrected chi connectivity index (χ4v) is 3.76. The smallest absolute Gasteiger partial charge is 0.227 e. The van der Waals surface area contributed by atoms with Gasteiger partial charge < -0.3 is 19.4 Å². The molecule has 0 spiro atoms. The third-order valence-corrected chi connectivity index (χ3v) is 5.58. The minimum absolute atomic E-state index is 0.0268. The molecule has 2 aromatic rings. The molecule has 1 aromatic heterocycles. The van der Waals surface area contributed by atoms with Gasteiger partial charge in [0.05, 0.1) is 31.8 Å². The van der Waals surface area contributed by atoms with Gasteiger partial charge in [0.15, 0.2) is 5.82 Å². The third-order valence-electron chi connectivity index (χ3n) is 5.58. The van der Waals surface area contributed by atoms with Crippen molar-refractivity contribution >= 4 is 17.6 Å². The maximum atomic E-state index is 13.2. The number of nitrogens with zero attached hydrogens (tertiary/aromatic N) is 5. The van der Waals surface area contributed by atoms with E-state index in [0.29, 0.717) is 24.7 Å². The summed E-state index contributed by atoms with van der Waals surface area (Å²) in [5.41, 5.74) is 1.63. The van der Waals surface area contributed by atoms with E-state index in [0.717, 1.165) is 29.9 Å². The molecule has 8 nitrogen and oxygen atoms in total. The minimum atomic E-state index is -0.177. The maximum Gasteiger partial charge on any atom is 0.227 e. The number of benzene rings is 1. The third kappa shape index (κ3) is 5.31. The van der Waals surface area contributed by atoms with E-state index in [9.17, 15) is 9.59 Å². The van der Waals surface area contributed by atoms with Crippen LogP contribution in [0.3, 0.4) is 0 Å². The Labute approximate surface area is 183 Å². The lowest BCUT2D eigenvalue weighted by Crippen LogP contribution is -2.33. The molecule has 1 aliphatic rings. The van der Waals surface area contributed by atoms with Gasteiger partial charge in [-0.15, -0.1) is 0 Å². The molecule has 3 rings (SSSR count). The number of carbonyl (C=O) groups excluding carboxylic acids is 2. The molecule has 31 heavy (non-hydrogen) atoms. The number of anilines is 1. The highest BCUT2D eigenvalue weighted by atomic mass is 16.5. The van der Waals surface area contributed by atoms with Gasteiger partial charge in [0.1, 0.15) is 11.6 Å². The zero-order valence-corrected chi connectivity index (χ0v) is 19.0. The molecule has 1 fully saturated rings. The summed E-state index contributed by atoms with van der Waals surface area (Å²) in [6, 6.07) is 9.30. The molecule has 1 saturated heterocycles. The van der Waals surface area contributed by atoms with E-state index in [1.807, 2.05) is 54.2 Å². The number of hydrogen-bond acceptors (Lipinski definition) is 6. The van der Waals surface area contributed by atoms with Gasteiger partial charge in [0.25, 0.3) is 0 Å². The predicted octanol–water partition coefficient (Wildman–Crippen LogP) is 2.44. The molecule has 1 aliphatic heterocycles. The van der Waals surface area contributed by atoms with Gasteiger partial charge in [0.2, 0.25) is 11.8 Å². The van der Waals surface area contributed by atoms with E-state index in [-0.39, 0.29) is 24.3 Å². The minimum Gasteiger partial charge on any atom is -0.496 e.